The number of carbonyl (C=O) groups is 2. The number of thioether (sulfide) groups is 1. The molecule has 0 aliphatic carbocycles. The fraction of sp³-hybridized carbons (Fsp3) is 0.353. The summed E-state index contributed by atoms with van der Waals surface area (Å²) in [5, 5.41) is 2.26. The Hall–Kier alpha value is -2.68. The van der Waals surface area contributed by atoms with E-state index in [1.165, 1.54) is 11.8 Å². The number of nitrogens with zero attached hydrogens (tertiary/aromatic N) is 2. The second-order valence-corrected chi connectivity index (χ2v) is 6.95. The minimum absolute atomic E-state index is 0.450. The standard InChI is InChI=1S/C17H20N4O4S/c1-3-21-12(11-4-5-13-14(8-11)25-7-6-24-13)9-19-17(21)26-10(2)15(22)20-16(18)23/h4-5,8-10H,3,6-7H2,1-2H3,(H3,18,20,22,23)/t10-/m0/s1. The molecule has 9 heteroatoms. The van der Waals surface area contributed by atoms with Crippen molar-refractivity contribution < 1.29 is 19.1 Å². The lowest BCUT2D eigenvalue weighted by Gasteiger charge is -2.19. The van der Waals surface area contributed by atoms with E-state index in [0.717, 1.165) is 17.0 Å². The summed E-state index contributed by atoms with van der Waals surface area (Å²) in [7, 11) is 0. The van der Waals surface area contributed by atoms with Crippen molar-refractivity contribution in [2.24, 2.45) is 5.73 Å². The Morgan fingerprint density at radius 1 is 1.35 bits per heavy atom. The molecule has 2 heterocycles. The number of imide groups is 1. The molecule has 0 saturated carbocycles. The lowest BCUT2D eigenvalue weighted by Crippen LogP contribution is -2.39. The number of carbonyl (C=O) groups excluding carboxylic acids is 2. The van der Waals surface area contributed by atoms with Crippen LogP contribution in [0.15, 0.2) is 29.6 Å². The molecule has 0 saturated heterocycles. The van der Waals surface area contributed by atoms with Gasteiger partial charge in [-0.3, -0.25) is 10.1 Å². The van der Waals surface area contributed by atoms with Crippen molar-refractivity contribution in [3.63, 3.8) is 0 Å². The van der Waals surface area contributed by atoms with Crippen LogP contribution in [-0.2, 0) is 11.3 Å². The van der Waals surface area contributed by atoms with E-state index in [1.807, 2.05) is 29.7 Å². The third kappa shape index (κ3) is 3.77. The van der Waals surface area contributed by atoms with Gasteiger partial charge < -0.3 is 19.8 Å². The number of aromatic nitrogens is 2. The van der Waals surface area contributed by atoms with Gasteiger partial charge >= 0.3 is 6.03 Å². The van der Waals surface area contributed by atoms with Gasteiger partial charge in [0.2, 0.25) is 5.91 Å². The summed E-state index contributed by atoms with van der Waals surface area (Å²) in [6.45, 7) is 5.45. The average Bonchev–Trinajstić information content (AvgIpc) is 3.03. The third-order valence-electron chi connectivity index (χ3n) is 3.87. The number of nitrogens with two attached hydrogens (primary N) is 1. The number of hydrogen-bond acceptors (Lipinski definition) is 6. The van der Waals surface area contributed by atoms with E-state index in [1.54, 1.807) is 13.1 Å². The zero-order chi connectivity index (χ0) is 18.7. The van der Waals surface area contributed by atoms with Crippen molar-refractivity contribution in [3.05, 3.63) is 24.4 Å². The molecule has 0 bridgehead atoms. The molecule has 1 atom stereocenters. The van der Waals surface area contributed by atoms with Gasteiger partial charge in [-0.1, -0.05) is 11.8 Å². The number of primary amides is 1. The SMILES string of the molecule is CCn1c(-c2ccc3c(c2)OCCO3)cnc1S[C@@H](C)C(=O)NC(N)=O. The molecule has 26 heavy (non-hydrogen) atoms. The lowest BCUT2D eigenvalue weighted by atomic mass is 10.1. The van der Waals surface area contributed by atoms with Gasteiger partial charge in [-0.2, -0.15) is 0 Å². The van der Waals surface area contributed by atoms with Crippen molar-refractivity contribution >= 4 is 23.7 Å². The zero-order valence-electron chi connectivity index (χ0n) is 14.5. The van der Waals surface area contributed by atoms with Gasteiger partial charge in [0, 0.05) is 12.1 Å². The largest absolute Gasteiger partial charge is 0.486 e. The number of ether oxygens (including phenoxy) is 2. The van der Waals surface area contributed by atoms with Gasteiger partial charge in [-0.25, -0.2) is 9.78 Å². The normalized spacial score (nSPS) is 13.9. The Morgan fingerprint density at radius 3 is 2.77 bits per heavy atom. The minimum Gasteiger partial charge on any atom is -0.486 e. The van der Waals surface area contributed by atoms with Gasteiger partial charge in [0.15, 0.2) is 16.7 Å². The molecule has 3 N–H and O–H groups in total. The summed E-state index contributed by atoms with van der Waals surface area (Å²) in [6.07, 6.45) is 1.76. The first-order chi connectivity index (χ1) is 12.5. The Kier molecular flexibility index (Phi) is 5.36. The smallest absolute Gasteiger partial charge is 0.318 e. The maximum Gasteiger partial charge on any atom is 0.318 e. The zero-order valence-corrected chi connectivity index (χ0v) is 15.3. The van der Waals surface area contributed by atoms with Crippen LogP contribution in [0.3, 0.4) is 0 Å². The summed E-state index contributed by atoms with van der Waals surface area (Å²) >= 11 is 1.27. The summed E-state index contributed by atoms with van der Waals surface area (Å²) < 4.78 is 13.2. The van der Waals surface area contributed by atoms with Crippen LogP contribution in [0, 0.1) is 0 Å². The molecule has 1 aromatic heterocycles. The highest BCUT2D eigenvalue weighted by Gasteiger charge is 2.21. The molecule has 1 aliphatic rings. The molecule has 0 fully saturated rings. The minimum atomic E-state index is -0.863. The Morgan fingerprint density at radius 2 is 2.08 bits per heavy atom. The van der Waals surface area contributed by atoms with E-state index >= 15 is 0 Å². The molecular formula is C17H20N4O4S. The van der Waals surface area contributed by atoms with E-state index in [-0.39, 0.29) is 0 Å². The monoisotopic (exact) mass is 376 g/mol. The van der Waals surface area contributed by atoms with Crippen LogP contribution in [0.5, 0.6) is 11.5 Å². The molecule has 0 spiro atoms. The highest BCUT2D eigenvalue weighted by Crippen LogP contribution is 2.36. The number of fused-ring (bicyclic) bond motifs is 1. The van der Waals surface area contributed by atoms with Crippen LogP contribution >= 0.6 is 11.8 Å². The van der Waals surface area contributed by atoms with Crippen molar-refractivity contribution in [1.82, 2.24) is 14.9 Å². The highest BCUT2D eigenvalue weighted by atomic mass is 32.2. The number of urea groups is 1. The van der Waals surface area contributed by atoms with Gasteiger partial charge in [0.05, 0.1) is 17.1 Å². The number of benzene rings is 1. The quantitative estimate of drug-likeness (QED) is 0.773. The third-order valence-corrected chi connectivity index (χ3v) is 4.98. The van der Waals surface area contributed by atoms with Gasteiger partial charge in [-0.05, 0) is 32.0 Å². The highest BCUT2D eigenvalue weighted by molar-refractivity contribution is 8.00. The second-order valence-electron chi connectivity index (χ2n) is 5.64. The predicted octanol–water partition coefficient (Wildman–Crippen LogP) is 2.02. The molecule has 0 radical (unpaired) electrons. The maximum atomic E-state index is 11.9. The number of amides is 3. The van der Waals surface area contributed by atoms with Crippen LogP contribution in [0.25, 0.3) is 11.3 Å². The van der Waals surface area contributed by atoms with Crippen LogP contribution in [-0.4, -0.2) is 40.0 Å². The molecule has 3 rings (SSSR count). The molecule has 3 amide bonds. The molecule has 2 aromatic rings. The first kappa shape index (κ1) is 18.1. The Balaban J connectivity index is 1.84. The van der Waals surface area contributed by atoms with Crippen LogP contribution in [0.1, 0.15) is 13.8 Å². The molecule has 1 aromatic carbocycles. The Bertz CT molecular complexity index is 836. The summed E-state index contributed by atoms with van der Waals surface area (Å²) in [5.74, 6) is 0.990. The maximum absolute atomic E-state index is 11.9. The second kappa shape index (κ2) is 7.69. The Labute approximate surface area is 155 Å². The molecule has 138 valence electrons. The molecule has 8 nitrogen and oxygen atoms in total. The predicted molar refractivity (Wildman–Crippen MR) is 97.4 cm³/mol. The van der Waals surface area contributed by atoms with Crippen LogP contribution in [0.2, 0.25) is 0 Å². The van der Waals surface area contributed by atoms with Gasteiger partial charge in [0.25, 0.3) is 0 Å². The fourth-order valence-electron chi connectivity index (χ4n) is 2.63. The topological polar surface area (TPSA) is 108 Å². The first-order valence-electron chi connectivity index (χ1n) is 8.22. The number of hydrogen-bond donors (Lipinski definition) is 2. The summed E-state index contributed by atoms with van der Waals surface area (Å²) in [5.41, 5.74) is 6.85. The average molecular weight is 376 g/mol. The summed E-state index contributed by atoms with van der Waals surface area (Å²) in [4.78, 5) is 27.2. The van der Waals surface area contributed by atoms with Crippen LogP contribution in [0.4, 0.5) is 4.79 Å². The van der Waals surface area contributed by atoms with E-state index in [9.17, 15) is 9.59 Å². The van der Waals surface area contributed by atoms with E-state index in [2.05, 4.69) is 10.3 Å². The van der Waals surface area contributed by atoms with Gasteiger partial charge in [0.1, 0.15) is 13.2 Å². The van der Waals surface area contributed by atoms with E-state index in [0.29, 0.717) is 30.7 Å². The molecule has 0 unspecified atom stereocenters. The number of imidazole rings is 1. The van der Waals surface area contributed by atoms with Crippen molar-refractivity contribution in [3.8, 4) is 22.8 Å². The van der Waals surface area contributed by atoms with E-state index in [4.69, 9.17) is 15.2 Å². The molecular weight excluding hydrogens is 356 g/mol. The lowest BCUT2D eigenvalue weighted by molar-refractivity contribution is -0.119. The first-order valence-corrected chi connectivity index (χ1v) is 9.10. The van der Waals surface area contributed by atoms with Crippen molar-refractivity contribution in [2.45, 2.75) is 30.8 Å². The molecule has 1 aliphatic heterocycles. The van der Waals surface area contributed by atoms with E-state index < -0.39 is 17.2 Å². The van der Waals surface area contributed by atoms with Crippen molar-refractivity contribution in [2.75, 3.05) is 13.2 Å². The fourth-order valence-corrected chi connectivity index (χ4v) is 3.58. The van der Waals surface area contributed by atoms with Gasteiger partial charge in [-0.15, -0.1) is 0 Å². The number of nitrogens with one attached hydrogen (secondary N) is 1. The summed E-state index contributed by atoms with van der Waals surface area (Å²) in [6, 6.07) is 4.90. The number of rotatable bonds is 5. The van der Waals surface area contributed by atoms with Crippen LogP contribution < -0.4 is 20.5 Å². The van der Waals surface area contributed by atoms with Crippen molar-refractivity contribution in [1.29, 1.82) is 0 Å².